The summed E-state index contributed by atoms with van der Waals surface area (Å²) in [6.07, 6.45) is 5.51. The van der Waals surface area contributed by atoms with Crippen molar-refractivity contribution >= 4 is 22.8 Å². The number of pyridine rings is 1. The van der Waals surface area contributed by atoms with E-state index in [-0.39, 0.29) is 17.9 Å². The van der Waals surface area contributed by atoms with Gasteiger partial charge in [0.2, 0.25) is 5.91 Å². The maximum atomic E-state index is 13.1. The Labute approximate surface area is 168 Å². The van der Waals surface area contributed by atoms with Crippen LogP contribution in [0.3, 0.4) is 0 Å². The molecule has 1 atom stereocenters. The third kappa shape index (κ3) is 3.15. The average molecular weight is 395 g/mol. The molecule has 152 valence electrons. The van der Waals surface area contributed by atoms with E-state index in [9.17, 15) is 4.79 Å². The molecule has 2 aliphatic heterocycles. The van der Waals surface area contributed by atoms with Gasteiger partial charge in [-0.2, -0.15) is 10.2 Å². The Bertz CT molecular complexity index is 1040. The number of hydrogen-bond acceptors (Lipinski definition) is 6. The van der Waals surface area contributed by atoms with Crippen LogP contribution in [0.4, 0.5) is 5.82 Å². The van der Waals surface area contributed by atoms with Crippen LogP contribution >= 0.6 is 0 Å². The van der Waals surface area contributed by atoms with Crippen LogP contribution < -0.4 is 4.90 Å². The van der Waals surface area contributed by atoms with Gasteiger partial charge in [0, 0.05) is 52.2 Å². The van der Waals surface area contributed by atoms with Crippen LogP contribution in [-0.2, 0) is 16.6 Å². The number of likely N-dealkylation sites (N-methyl/N-ethyl adjacent to an activating group) is 1. The summed E-state index contributed by atoms with van der Waals surface area (Å²) in [5, 5.41) is 11.8. The Morgan fingerprint density at radius 1 is 1.17 bits per heavy atom. The smallest absolute Gasteiger partial charge is 0.245 e. The van der Waals surface area contributed by atoms with Gasteiger partial charge in [-0.25, -0.2) is 4.98 Å². The van der Waals surface area contributed by atoms with Crippen LogP contribution in [0, 0.1) is 5.92 Å². The Morgan fingerprint density at radius 3 is 2.76 bits per heavy atom. The Kier molecular flexibility index (Phi) is 4.46. The lowest BCUT2D eigenvalue weighted by Crippen LogP contribution is -2.59. The van der Waals surface area contributed by atoms with E-state index in [1.54, 1.807) is 10.9 Å². The van der Waals surface area contributed by atoms with Crippen molar-refractivity contribution in [3.8, 4) is 11.3 Å². The first-order valence-electron chi connectivity index (χ1n) is 10.1. The second-order valence-corrected chi connectivity index (χ2v) is 7.89. The molecule has 0 saturated carbocycles. The molecule has 2 saturated heterocycles. The first-order chi connectivity index (χ1) is 14.1. The molecule has 29 heavy (non-hydrogen) atoms. The van der Waals surface area contributed by atoms with Gasteiger partial charge in [-0.3, -0.25) is 14.6 Å². The Hall–Kier alpha value is -2.94. The summed E-state index contributed by atoms with van der Waals surface area (Å²) < 4.78 is 7.28. The molecule has 3 aromatic heterocycles. The molecular formula is C20H25N7O2. The van der Waals surface area contributed by atoms with Gasteiger partial charge in [-0.1, -0.05) is 0 Å². The van der Waals surface area contributed by atoms with E-state index in [4.69, 9.17) is 9.72 Å². The van der Waals surface area contributed by atoms with Crippen molar-refractivity contribution in [2.24, 2.45) is 13.0 Å². The summed E-state index contributed by atoms with van der Waals surface area (Å²) >= 11 is 0. The number of nitrogens with zero attached hydrogens (tertiary/aromatic N) is 6. The van der Waals surface area contributed by atoms with Crippen LogP contribution in [0.5, 0.6) is 0 Å². The molecular weight excluding hydrogens is 370 g/mol. The van der Waals surface area contributed by atoms with Gasteiger partial charge < -0.3 is 14.5 Å². The van der Waals surface area contributed by atoms with Gasteiger partial charge in [0.05, 0.1) is 11.7 Å². The molecule has 1 amide bonds. The second-order valence-electron chi connectivity index (χ2n) is 7.89. The zero-order chi connectivity index (χ0) is 20.0. The standard InChI is InChI=1S/C20H25N7O2/c1-25-7-8-27(19(20(25)28)13-5-9-29-10-6-13)16-4-3-15-18(22-16)17(24-23-15)14-11-21-26(2)12-14/h3-4,11-13,19H,5-10H2,1-2H3,(H,23,24). The minimum absolute atomic E-state index is 0.171. The van der Waals surface area contributed by atoms with Gasteiger partial charge in [-0.05, 0) is 30.9 Å². The number of fused-ring (bicyclic) bond motifs is 1. The molecule has 0 aliphatic carbocycles. The highest BCUT2D eigenvalue weighted by molar-refractivity contribution is 5.91. The van der Waals surface area contributed by atoms with E-state index in [2.05, 4.69) is 20.2 Å². The van der Waals surface area contributed by atoms with Gasteiger partial charge >= 0.3 is 0 Å². The number of hydrogen-bond donors (Lipinski definition) is 1. The molecule has 5 heterocycles. The van der Waals surface area contributed by atoms with E-state index in [1.807, 2.05) is 37.3 Å². The molecule has 0 aromatic carbocycles. The van der Waals surface area contributed by atoms with Gasteiger partial charge in [0.1, 0.15) is 23.1 Å². The number of H-pyrrole nitrogens is 1. The molecule has 0 bridgehead atoms. The number of nitrogens with one attached hydrogen (secondary N) is 1. The minimum Gasteiger partial charge on any atom is -0.381 e. The Balaban J connectivity index is 1.55. The zero-order valence-electron chi connectivity index (χ0n) is 16.7. The first-order valence-corrected chi connectivity index (χ1v) is 10.1. The normalized spacial score (nSPS) is 21.3. The summed E-state index contributed by atoms with van der Waals surface area (Å²) in [7, 11) is 3.77. The molecule has 9 heteroatoms. The van der Waals surface area contributed by atoms with Crippen LogP contribution in [0.2, 0.25) is 0 Å². The third-order valence-corrected chi connectivity index (χ3v) is 6.02. The molecule has 3 aromatic rings. The fraction of sp³-hybridized carbons (Fsp3) is 0.500. The fourth-order valence-corrected chi connectivity index (χ4v) is 4.40. The van der Waals surface area contributed by atoms with Crippen LogP contribution in [-0.4, -0.2) is 75.2 Å². The van der Waals surface area contributed by atoms with Gasteiger partial charge in [-0.15, -0.1) is 0 Å². The first kappa shape index (κ1) is 18.1. The lowest BCUT2D eigenvalue weighted by Gasteiger charge is -2.44. The lowest BCUT2D eigenvalue weighted by atomic mass is 9.88. The Morgan fingerprint density at radius 2 is 2.00 bits per heavy atom. The van der Waals surface area contributed by atoms with Crippen molar-refractivity contribution < 1.29 is 9.53 Å². The van der Waals surface area contributed by atoms with Crippen molar-refractivity contribution in [3.63, 3.8) is 0 Å². The zero-order valence-corrected chi connectivity index (χ0v) is 16.7. The van der Waals surface area contributed by atoms with Gasteiger partial charge in [0.25, 0.3) is 0 Å². The number of carbonyl (C=O) groups excluding carboxylic acids is 1. The monoisotopic (exact) mass is 395 g/mol. The molecule has 2 fully saturated rings. The molecule has 2 aliphatic rings. The SMILES string of the molecule is CN1CCN(c2ccc3[nH]nc(-c4cnn(C)c4)c3n2)C(C2CCOCC2)C1=O. The number of rotatable bonds is 3. The summed E-state index contributed by atoms with van der Waals surface area (Å²) in [4.78, 5) is 22.1. The summed E-state index contributed by atoms with van der Waals surface area (Å²) in [5.74, 6) is 1.27. The number of carbonyl (C=O) groups is 1. The van der Waals surface area contributed by atoms with Crippen LogP contribution in [0.15, 0.2) is 24.5 Å². The summed E-state index contributed by atoms with van der Waals surface area (Å²) in [5.41, 5.74) is 3.36. The maximum absolute atomic E-state index is 13.1. The highest BCUT2D eigenvalue weighted by atomic mass is 16.5. The van der Waals surface area contributed by atoms with Crippen LogP contribution in [0.1, 0.15) is 12.8 Å². The summed E-state index contributed by atoms with van der Waals surface area (Å²) in [6, 6.07) is 3.78. The third-order valence-electron chi connectivity index (χ3n) is 6.02. The minimum atomic E-state index is -0.198. The van der Waals surface area contributed by atoms with Crippen molar-refractivity contribution in [2.75, 3.05) is 38.3 Å². The predicted octanol–water partition coefficient (Wildman–Crippen LogP) is 1.43. The largest absolute Gasteiger partial charge is 0.381 e. The van der Waals surface area contributed by atoms with Crippen molar-refractivity contribution in [2.45, 2.75) is 18.9 Å². The average Bonchev–Trinajstić information content (AvgIpc) is 3.36. The molecule has 0 radical (unpaired) electrons. The highest BCUT2D eigenvalue weighted by Crippen LogP contribution is 2.32. The summed E-state index contributed by atoms with van der Waals surface area (Å²) in [6.45, 7) is 2.89. The van der Waals surface area contributed by atoms with Crippen molar-refractivity contribution in [1.29, 1.82) is 0 Å². The van der Waals surface area contributed by atoms with E-state index in [1.165, 1.54) is 0 Å². The van der Waals surface area contributed by atoms with Crippen LogP contribution in [0.25, 0.3) is 22.3 Å². The molecule has 9 nitrogen and oxygen atoms in total. The number of piperazine rings is 1. The molecule has 1 unspecified atom stereocenters. The van der Waals surface area contributed by atoms with Crippen molar-refractivity contribution in [1.82, 2.24) is 29.9 Å². The number of aromatic nitrogens is 5. The fourth-order valence-electron chi connectivity index (χ4n) is 4.40. The number of amides is 1. The number of aromatic amines is 1. The molecule has 1 N–H and O–H groups in total. The number of anilines is 1. The quantitative estimate of drug-likeness (QED) is 0.721. The molecule has 0 spiro atoms. The van der Waals surface area contributed by atoms with Gasteiger partial charge in [0.15, 0.2) is 0 Å². The predicted molar refractivity (Wildman–Crippen MR) is 108 cm³/mol. The van der Waals surface area contributed by atoms with E-state index in [0.29, 0.717) is 19.8 Å². The number of ether oxygens (including phenoxy) is 1. The molecule has 5 rings (SSSR count). The topological polar surface area (TPSA) is 92.2 Å². The van der Waals surface area contributed by atoms with E-state index >= 15 is 0 Å². The van der Waals surface area contributed by atoms with E-state index in [0.717, 1.165) is 47.5 Å². The van der Waals surface area contributed by atoms with E-state index < -0.39 is 0 Å². The lowest BCUT2D eigenvalue weighted by molar-refractivity contribution is -0.135. The number of aryl methyl sites for hydroxylation is 1. The second kappa shape index (κ2) is 7.14. The highest BCUT2D eigenvalue weighted by Gasteiger charge is 2.40. The maximum Gasteiger partial charge on any atom is 0.245 e. The van der Waals surface area contributed by atoms with Crippen molar-refractivity contribution in [3.05, 3.63) is 24.5 Å².